The molecule has 0 atom stereocenters. The molecule has 7 nitrogen and oxygen atoms in total. The quantitative estimate of drug-likeness (QED) is 0.179. The van der Waals surface area contributed by atoms with Gasteiger partial charge in [-0.25, -0.2) is 9.59 Å². The Morgan fingerprint density at radius 1 is 1.09 bits per heavy atom. The van der Waals surface area contributed by atoms with Gasteiger partial charge in [-0.2, -0.15) is 5.26 Å². The van der Waals surface area contributed by atoms with E-state index in [1.165, 1.54) is 36.4 Å². The second-order valence-corrected chi connectivity index (χ2v) is 8.35. The lowest BCUT2D eigenvalue weighted by Crippen LogP contribution is -2.15. The maximum atomic E-state index is 12.6. The number of carbonyl (C=O) groups excluding carboxylic acids is 3. The summed E-state index contributed by atoms with van der Waals surface area (Å²) in [4.78, 5) is 37.1. The normalized spacial score (nSPS) is 10.8. The molecule has 0 aliphatic rings. The molecule has 1 heterocycles. The van der Waals surface area contributed by atoms with E-state index in [1.807, 2.05) is 6.07 Å². The van der Waals surface area contributed by atoms with Crippen LogP contribution < -0.4 is 10.1 Å². The van der Waals surface area contributed by atoms with Crippen LogP contribution >= 0.6 is 34.5 Å². The highest BCUT2D eigenvalue weighted by Crippen LogP contribution is 2.26. The van der Waals surface area contributed by atoms with Crippen molar-refractivity contribution in [3.8, 4) is 11.8 Å². The van der Waals surface area contributed by atoms with Gasteiger partial charge in [-0.15, -0.1) is 11.3 Å². The van der Waals surface area contributed by atoms with Crippen LogP contribution in [0.4, 0.5) is 5.00 Å². The summed E-state index contributed by atoms with van der Waals surface area (Å²) in [5.74, 6) is -1.78. The highest BCUT2D eigenvalue weighted by molar-refractivity contribution is 7.14. The standard InChI is InChI=1S/C24H16Cl2N2O5S/c1-2-32-23(30)19-8-9-34-22(19)28-21(29)15(13-27)10-14-4-3-5-17(11-14)33-24(31)18-7-6-16(25)12-20(18)26/h3-12H,2H2,1H3,(H,28,29). The van der Waals surface area contributed by atoms with E-state index in [-0.39, 0.29) is 39.1 Å². The number of nitrogens with zero attached hydrogens (tertiary/aromatic N) is 1. The molecule has 0 unspecified atom stereocenters. The minimum atomic E-state index is -0.703. The average Bonchev–Trinajstić information content (AvgIpc) is 3.26. The zero-order chi connectivity index (χ0) is 24.7. The van der Waals surface area contributed by atoms with Crippen LogP contribution in [-0.2, 0) is 9.53 Å². The van der Waals surface area contributed by atoms with E-state index in [0.717, 1.165) is 11.3 Å². The van der Waals surface area contributed by atoms with Crippen molar-refractivity contribution in [1.29, 1.82) is 5.26 Å². The van der Waals surface area contributed by atoms with Crippen LogP contribution in [0.3, 0.4) is 0 Å². The summed E-state index contributed by atoms with van der Waals surface area (Å²) in [6.45, 7) is 1.87. The highest BCUT2D eigenvalue weighted by Gasteiger charge is 2.18. The fourth-order valence-electron chi connectivity index (χ4n) is 2.75. The van der Waals surface area contributed by atoms with Crippen molar-refractivity contribution in [2.75, 3.05) is 11.9 Å². The van der Waals surface area contributed by atoms with Gasteiger partial charge in [-0.3, -0.25) is 4.79 Å². The number of ether oxygens (including phenoxy) is 2. The fourth-order valence-corrected chi connectivity index (χ4v) is 4.00. The molecule has 3 rings (SSSR count). The summed E-state index contributed by atoms with van der Waals surface area (Å²) in [5, 5.41) is 14.5. The number of amides is 1. The highest BCUT2D eigenvalue weighted by atomic mass is 35.5. The van der Waals surface area contributed by atoms with E-state index in [4.69, 9.17) is 32.7 Å². The number of thiophene rings is 1. The van der Waals surface area contributed by atoms with E-state index >= 15 is 0 Å². The molecule has 2 aromatic carbocycles. The number of hydrogen-bond acceptors (Lipinski definition) is 7. The number of esters is 2. The van der Waals surface area contributed by atoms with Crippen LogP contribution in [0.1, 0.15) is 33.2 Å². The van der Waals surface area contributed by atoms with Crippen LogP contribution in [0.25, 0.3) is 6.08 Å². The van der Waals surface area contributed by atoms with Crippen molar-refractivity contribution >= 4 is 63.5 Å². The number of nitriles is 1. The molecule has 0 aliphatic carbocycles. The Labute approximate surface area is 209 Å². The summed E-state index contributed by atoms with van der Waals surface area (Å²) in [6.07, 6.45) is 1.33. The van der Waals surface area contributed by atoms with Gasteiger partial charge in [0.05, 0.1) is 22.8 Å². The lowest BCUT2D eigenvalue weighted by Gasteiger charge is -2.07. The van der Waals surface area contributed by atoms with Crippen LogP contribution in [-0.4, -0.2) is 24.5 Å². The monoisotopic (exact) mass is 514 g/mol. The Kier molecular flexibility index (Phi) is 8.44. The van der Waals surface area contributed by atoms with Gasteiger partial charge in [0.15, 0.2) is 0 Å². The molecule has 0 aliphatic heterocycles. The van der Waals surface area contributed by atoms with Crippen molar-refractivity contribution in [2.45, 2.75) is 6.92 Å². The van der Waals surface area contributed by atoms with Crippen LogP contribution in [0.5, 0.6) is 5.75 Å². The summed E-state index contributed by atoms with van der Waals surface area (Å²) in [7, 11) is 0. The average molecular weight is 515 g/mol. The number of carbonyl (C=O) groups is 3. The molecule has 34 heavy (non-hydrogen) atoms. The van der Waals surface area contributed by atoms with Crippen molar-refractivity contribution in [3.63, 3.8) is 0 Å². The topological polar surface area (TPSA) is 105 Å². The fraction of sp³-hybridized carbons (Fsp3) is 0.0833. The minimum absolute atomic E-state index is 0.137. The minimum Gasteiger partial charge on any atom is -0.462 e. The number of halogens is 2. The molecule has 0 spiro atoms. The summed E-state index contributed by atoms with van der Waals surface area (Å²) >= 11 is 13.0. The number of hydrogen-bond donors (Lipinski definition) is 1. The molecular weight excluding hydrogens is 499 g/mol. The largest absolute Gasteiger partial charge is 0.462 e. The van der Waals surface area contributed by atoms with Gasteiger partial charge in [-0.05, 0) is 60.3 Å². The maximum absolute atomic E-state index is 12.6. The molecule has 172 valence electrons. The molecule has 0 fully saturated rings. The first-order chi connectivity index (χ1) is 16.3. The van der Waals surface area contributed by atoms with Gasteiger partial charge in [0.2, 0.25) is 0 Å². The number of rotatable bonds is 7. The molecule has 0 saturated heterocycles. The van der Waals surface area contributed by atoms with E-state index in [1.54, 1.807) is 30.5 Å². The predicted molar refractivity (Wildman–Crippen MR) is 130 cm³/mol. The van der Waals surface area contributed by atoms with Gasteiger partial charge < -0.3 is 14.8 Å². The molecule has 1 N–H and O–H groups in total. The molecule has 10 heteroatoms. The van der Waals surface area contributed by atoms with Crippen molar-refractivity contribution in [1.82, 2.24) is 0 Å². The third kappa shape index (κ3) is 6.23. The van der Waals surface area contributed by atoms with Crippen LogP contribution in [0.2, 0.25) is 10.0 Å². The van der Waals surface area contributed by atoms with E-state index in [0.29, 0.717) is 10.6 Å². The molecule has 3 aromatic rings. The first-order valence-electron chi connectivity index (χ1n) is 9.77. The Hall–Kier alpha value is -3.64. The van der Waals surface area contributed by atoms with Crippen molar-refractivity contribution < 1.29 is 23.9 Å². The number of benzene rings is 2. The number of nitrogens with one attached hydrogen (secondary N) is 1. The summed E-state index contributed by atoms with van der Waals surface area (Å²) < 4.78 is 10.3. The van der Waals surface area contributed by atoms with Gasteiger partial charge >= 0.3 is 11.9 Å². The van der Waals surface area contributed by atoms with E-state index in [9.17, 15) is 19.6 Å². The lowest BCUT2D eigenvalue weighted by molar-refractivity contribution is -0.112. The second kappa shape index (κ2) is 11.5. The second-order valence-electron chi connectivity index (χ2n) is 6.59. The van der Waals surface area contributed by atoms with Crippen LogP contribution in [0, 0.1) is 11.3 Å². The molecule has 0 radical (unpaired) electrons. The summed E-state index contributed by atoms with van der Waals surface area (Å²) in [5.41, 5.74) is 0.563. The van der Waals surface area contributed by atoms with Crippen LogP contribution in [0.15, 0.2) is 59.5 Å². The SMILES string of the molecule is CCOC(=O)c1ccsc1NC(=O)C(C#N)=Cc1cccc(OC(=O)c2ccc(Cl)cc2Cl)c1. The smallest absolute Gasteiger partial charge is 0.345 e. The van der Waals surface area contributed by atoms with E-state index < -0.39 is 17.8 Å². The Morgan fingerprint density at radius 3 is 2.59 bits per heavy atom. The zero-order valence-corrected chi connectivity index (χ0v) is 20.0. The van der Waals surface area contributed by atoms with Gasteiger partial charge in [-0.1, -0.05) is 35.3 Å². The van der Waals surface area contributed by atoms with Crippen molar-refractivity contribution in [3.05, 3.63) is 86.2 Å². The number of anilines is 1. The molecular formula is C24H16Cl2N2O5S. The third-order valence-electron chi connectivity index (χ3n) is 4.28. The van der Waals surface area contributed by atoms with Gasteiger partial charge in [0.1, 0.15) is 22.4 Å². The molecule has 0 saturated carbocycles. The predicted octanol–water partition coefficient (Wildman–Crippen LogP) is 6.00. The maximum Gasteiger partial charge on any atom is 0.345 e. The Morgan fingerprint density at radius 2 is 1.88 bits per heavy atom. The van der Waals surface area contributed by atoms with Crippen molar-refractivity contribution in [2.24, 2.45) is 0 Å². The lowest BCUT2D eigenvalue weighted by atomic mass is 10.1. The van der Waals surface area contributed by atoms with E-state index in [2.05, 4.69) is 5.32 Å². The molecule has 1 amide bonds. The zero-order valence-electron chi connectivity index (χ0n) is 17.6. The molecule has 0 bridgehead atoms. The van der Waals surface area contributed by atoms with Gasteiger partial charge in [0.25, 0.3) is 5.91 Å². The first kappa shape index (κ1) is 25.0. The Bertz CT molecular complexity index is 1330. The summed E-state index contributed by atoms with van der Waals surface area (Å²) in [6, 6.07) is 14.0. The molecule has 1 aromatic heterocycles. The van der Waals surface area contributed by atoms with Gasteiger partial charge in [0, 0.05) is 5.02 Å². The third-order valence-corrected chi connectivity index (χ3v) is 5.66. The Balaban J connectivity index is 1.77. The first-order valence-corrected chi connectivity index (χ1v) is 11.4.